The third-order valence-electron chi connectivity index (χ3n) is 2.77. The van der Waals surface area contributed by atoms with Crippen molar-refractivity contribution in [1.29, 1.82) is 0 Å². The number of nitrogen functional groups attached to an aromatic ring is 1. The molecule has 0 aliphatic heterocycles. The number of benzene rings is 1. The number of nitrogens with two attached hydrogens (primary N) is 1. The molecular weight excluding hydrogens is 240 g/mol. The number of ether oxygens (including phenoxy) is 1. The second kappa shape index (κ2) is 4.28. The van der Waals surface area contributed by atoms with Crippen LogP contribution in [0.1, 0.15) is 11.1 Å². The Bertz CT molecular complexity index is 728. The van der Waals surface area contributed by atoms with E-state index < -0.39 is 0 Å². The van der Waals surface area contributed by atoms with Crippen molar-refractivity contribution in [1.82, 2.24) is 14.4 Å². The molecule has 0 amide bonds. The van der Waals surface area contributed by atoms with Crippen molar-refractivity contribution in [3.8, 4) is 11.6 Å². The lowest BCUT2D eigenvalue weighted by atomic mass is 10.1. The molecule has 0 saturated heterocycles. The summed E-state index contributed by atoms with van der Waals surface area (Å²) >= 11 is 0. The van der Waals surface area contributed by atoms with Gasteiger partial charge in [0.15, 0.2) is 0 Å². The summed E-state index contributed by atoms with van der Waals surface area (Å²) < 4.78 is 7.61. The Labute approximate surface area is 110 Å². The summed E-state index contributed by atoms with van der Waals surface area (Å²) in [4.78, 5) is 8.42. The normalized spacial score (nSPS) is 10.8. The minimum absolute atomic E-state index is 0.393. The number of aryl methyl sites for hydroxylation is 2. The first kappa shape index (κ1) is 11.5. The van der Waals surface area contributed by atoms with Crippen LogP contribution >= 0.6 is 0 Å². The van der Waals surface area contributed by atoms with Crippen molar-refractivity contribution in [3.05, 3.63) is 47.9 Å². The number of hydrogen-bond donors (Lipinski definition) is 1. The van der Waals surface area contributed by atoms with E-state index in [9.17, 15) is 0 Å². The summed E-state index contributed by atoms with van der Waals surface area (Å²) in [5.74, 6) is 1.54. The number of rotatable bonds is 2. The number of fused-ring (bicyclic) bond motifs is 1. The summed E-state index contributed by atoms with van der Waals surface area (Å²) in [6.07, 6.45) is 5.20. The largest absolute Gasteiger partial charge is 0.436 e. The van der Waals surface area contributed by atoms with E-state index in [4.69, 9.17) is 10.5 Å². The highest BCUT2D eigenvalue weighted by Gasteiger charge is 2.09. The van der Waals surface area contributed by atoms with Crippen LogP contribution in [0.25, 0.3) is 5.65 Å². The van der Waals surface area contributed by atoms with Crippen molar-refractivity contribution < 1.29 is 4.74 Å². The maximum atomic E-state index is 5.82. The van der Waals surface area contributed by atoms with Gasteiger partial charge >= 0.3 is 0 Å². The molecule has 0 radical (unpaired) electrons. The lowest BCUT2D eigenvalue weighted by Gasteiger charge is -2.08. The van der Waals surface area contributed by atoms with Crippen LogP contribution < -0.4 is 10.5 Å². The SMILES string of the molecule is Cc1cc(C)cc(Oc2nc(N)cn3ccnc23)c1. The predicted molar refractivity (Wildman–Crippen MR) is 73.4 cm³/mol. The van der Waals surface area contributed by atoms with Gasteiger partial charge in [0, 0.05) is 12.4 Å². The molecule has 2 N–H and O–H groups in total. The fraction of sp³-hybridized carbons (Fsp3) is 0.143. The van der Waals surface area contributed by atoms with Gasteiger partial charge in [-0.15, -0.1) is 0 Å². The molecule has 0 aliphatic carbocycles. The van der Waals surface area contributed by atoms with Gasteiger partial charge in [0.1, 0.15) is 11.6 Å². The monoisotopic (exact) mass is 254 g/mol. The lowest BCUT2D eigenvalue weighted by Crippen LogP contribution is -1.99. The van der Waals surface area contributed by atoms with E-state index >= 15 is 0 Å². The zero-order valence-electron chi connectivity index (χ0n) is 10.8. The van der Waals surface area contributed by atoms with Crippen LogP contribution in [-0.4, -0.2) is 14.4 Å². The zero-order chi connectivity index (χ0) is 13.4. The van der Waals surface area contributed by atoms with E-state index in [1.807, 2.05) is 32.2 Å². The minimum atomic E-state index is 0.393. The Hall–Kier alpha value is -2.56. The van der Waals surface area contributed by atoms with Gasteiger partial charge in [0.25, 0.3) is 5.88 Å². The van der Waals surface area contributed by atoms with E-state index in [1.165, 1.54) is 0 Å². The van der Waals surface area contributed by atoms with E-state index in [1.54, 1.807) is 16.8 Å². The molecule has 0 unspecified atom stereocenters. The molecular formula is C14H14N4O. The topological polar surface area (TPSA) is 65.4 Å². The number of nitrogens with zero attached hydrogens (tertiary/aromatic N) is 3. The first-order chi connectivity index (χ1) is 9.11. The Kier molecular flexibility index (Phi) is 2.59. The Morgan fingerprint density at radius 3 is 2.63 bits per heavy atom. The maximum absolute atomic E-state index is 5.82. The molecule has 1 aromatic carbocycles. The number of aromatic nitrogens is 3. The lowest BCUT2D eigenvalue weighted by molar-refractivity contribution is 0.465. The van der Waals surface area contributed by atoms with Crippen LogP contribution in [0.3, 0.4) is 0 Å². The molecule has 0 atom stereocenters. The standard InChI is InChI=1S/C14H14N4O/c1-9-5-10(2)7-11(6-9)19-14-13-16-3-4-18(13)8-12(15)17-14/h3-8H,15H2,1-2H3. The number of hydrogen-bond acceptors (Lipinski definition) is 4. The molecule has 2 aromatic heterocycles. The first-order valence-corrected chi connectivity index (χ1v) is 5.97. The average molecular weight is 254 g/mol. The van der Waals surface area contributed by atoms with Crippen LogP contribution in [0.4, 0.5) is 5.82 Å². The van der Waals surface area contributed by atoms with Crippen molar-refractivity contribution in [2.24, 2.45) is 0 Å². The Balaban J connectivity index is 2.07. The van der Waals surface area contributed by atoms with Gasteiger partial charge in [0.05, 0.1) is 6.20 Å². The van der Waals surface area contributed by atoms with Crippen LogP contribution in [-0.2, 0) is 0 Å². The molecule has 19 heavy (non-hydrogen) atoms. The van der Waals surface area contributed by atoms with E-state index in [0.717, 1.165) is 16.9 Å². The summed E-state index contributed by atoms with van der Waals surface area (Å²) in [6.45, 7) is 4.05. The second-order valence-electron chi connectivity index (χ2n) is 4.55. The molecule has 96 valence electrons. The van der Waals surface area contributed by atoms with Gasteiger partial charge in [-0.25, -0.2) is 4.98 Å². The second-order valence-corrected chi connectivity index (χ2v) is 4.55. The molecule has 0 aliphatic rings. The number of anilines is 1. The quantitative estimate of drug-likeness (QED) is 0.763. The van der Waals surface area contributed by atoms with Gasteiger partial charge in [0.2, 0.25) is 5.65 Å². The van der Waals surface area contributed by atoms with Gasteiger partial charge in [-0.1, -0.05) is 6.07 Å². The summed E-state index contributed by atoms with van der Waals surface area (Å²) in [5, 5.41) is 0. The molecule has 3 rings (SSSR count). The highest BCUT2D eigenvalue weighted by molar-refractivity contribution is 5.54. The van der Waals surface area contributed by atoms with Gasteiger partial charge in [-0.2, -0.15) is 4.98 Å². The maximum Gasteiger partial charge on any atom is 0.265 e. The molecule has 0 bridgehead atoms. The molecule has 2 heterocycles. The third kappa shape index (κ3) is 2.22. The third-order valence-corrected chi connectivity index (χ3v) is 2.77. The van der Waals surface area contributed by atoms with Crippen LogP contribution in [0.2, 0.25) is 0 Å². The smallest absolute Gasteiger partial charge is 0.265 e. The zero-order valence-corrected chi connectivity index (χ0v) is 10.8. The van der Waals surface area contributed by atoms with Gasteiger partial charge < -0.3 is 10.5 Å². The van der Waals surface area contributed by atoms with E-state index in [2.05, 4.69) is 16.0 Å². The summed E-state index contributed by atoms with van der Waals surface area (Å²) in [6, 6.07) is 6.00. The van der Waals surface area contributed by atoms with Gasteiger partial charge in [-0.05, 0) is 37.1 Å². The van der Waals surface area contributed by atoms with E-state index in [-0.39, 0.29) is 0 Å². The van der Waals surface area contributed by atoms with Crippen molar-refractivity contribution in [3.63, 3.8) is 0 Å². The molecule has 5 nitrogen and oxygen atoms in total. The highest BCUT2D eigenvalue weighted by Crippen LogP contribution is 2.25. The molecule has 0 fully saturated rings. The molecule has 0 spiro atoms. The molecule has 0 saturated carbocycles. The van der Waals surface area contributed by atoms with Gasteiger partial charge in [-0.3, -0.25) is 4.40 Å². The molecule has 3 aromatic rings. The summed E-state index contributed by atoms with van der Waals surface area (Å²) in [7, 11) is 0. The fourth-order valence-corrected chi connectivity index (χ4v) is 2.09. The predicted octanol–water partition coefficient (Wildman–Crippen LogP) is 2.72. The summed E-state index contributed by atoms with van der Waals surface area (Å²) in [5.41, 5.74) is 8.68. The highest BCUT2D eigenvalue weighted by atomic mass is 16.5. The minimum Gasteiger partial charge on any atom is -0.436 e. The first-order valence-electron chi connectivity index (χ1n) is 5.97. The molecule has 5 heteroatoms. The Morgan fingerprint density at radius 1 is 1.16 bits per heavy atom. The van der Waals surface area contributed by atoms with Crippen LogP contribution in [0, 0.1) is 13.8 Å². The average Bonchev–Trinajstić information content (AvgIpc) is 2.75. The fourth-order valence-electron chi connectivity index (χ4n) is 2.09. The van der Waals surface area contributed by atoms with E-state index in [0.29, 0.717) is 17.3 Å². The van der Waals surface area contributed by atoms with Crippen LogP contribution in [0.15, 0.2) is 36.8 Å². The number of imidazole rings is 1. The van der Waals surface area contributed by atoms with Crippen molar-refractivity contribution in [2.45, 2.75) is 13.8 Å². The van der Waals surface area contributed by atoms with Crippen LogP contribution in [0.5, 0.6) is 11.6 Å². The Morgan fingerprint density at radius 2 is 1.89 bits per heavy atom. The van der Waals surface area contributed by atoms with Crippen molar-refractivity contribution >= 4 is 11.5 Å². The van der Waals surface area contributed by atoms with Crippen molar-refractivity contribution in [2.75, 3.05) is 5.73 Å².